The number of carbonyl (C=O) groups excluding carboxylic acids is 2. The first-order chi connectivity index (χ1) is 14.9. The van der Waals surface area contributed by atoms with E-state index in [9.17, 15) is 14.4 Å². The summed E-state index contributed by atoms with van der Waals surface area (Å²) in [5.41, 5.74) is 2.30. The van der Waals surface area contributed by atoms with Crippen LogP contribution in [0.5, 0.6) is 0 Å². The zero-order valence-corrected chi connectivity index (χ0v) is 18.2. The summed E-state index contributed by atoms with van der Waals surface area (Å²) in [5, 5.41) is 5.92. The molecular formula is C23H24N4O3S. The van der Waals surface area contributed by atoms with Crippen molar-refractivity contribution in [2.45, 2.75) is 18.5 Å². The second-order valence-electron chi connectivity index (χ2n) is 7.01. The van der Waals surface area contributed by atoms with E-state index in [0.29, 0.717) is 17.4 Å². The monoisotopic (exact) mass is 436 g/mol. The Morgan fingerprint density at radius 3 is 2.48 bits per heavy atom. The maximum absolute atomic E-state index is 12.6. The van der Waals surface area contributed by atoms with Crippen LogP contribution in [-0.4, -0.2) is 33.7 Å². The van der Waals surface area contributed by atoms with Crippen LogP contribution >= 0.6 is 11.8 Å². The number of anilines is 1. The summed E-state index contributed by atoms with van der Waals surface area (Å²) in [5.74, 6) is -0.534. The van der Waals surface area contributed by atoms with Crippen molar-refractivity contribution in [3.05, 3.63) is 87.8 Å². The van der Waals surface area contributed by atoms with Crippen molar-refractivity contribution in [3.63, 3.8) is 0 Å². The Labute approximate surface area is 184 Å². The average molecular weight is 437 g/mol. The lowest BCUT2D eigenvalue weighted by Gasteiger charge is -2.10. The van der Waals surface area contributed by atoms with Gasteiger partial charge >= 0.3 is 0 Å². The average Bonchev–Trinajstić information content (AvgIpc) is 2.77. The molecular weight excluding hydrogens is 412 g/mol. The summed E-state index contributed by atoms with van der Waals surface area (Å²) in [6, 6.07) is 17.2. The maximum Gasteiger partial charge on any atom is 0.266 e. The van der Waals surface area contributed by atoms with Gasteiger partial charge in [-0.15, -0.1) is 0 Å². The highest BCUT2D eigenvalue weighted by atomic mass is 32.2. The number of benzene rings is 2. The van der Waals surface area contributed by atoms with Gasteiger partial charge in [-0.2, -0.15) is 0 Å². The molecule has 1 heterocycles. The maximum atomic E-state index is 12.6. The quantitative estimate of drug-likeness (QED) is 0.418. The summed E-state index contributed by atoms with van der Waals surface area (Å²) >= 11 is 1.15. The number of amides is 2. The lowest BCUT2D eigenvalue weighted by molar-refractivity contribution is -0.118. The number of nitrogens with zero attached hydrogens (tertiary/aromatic N) is 2. The smallest absolute Gasteiger partial charge is 0.266 e. The molecule has 160 valence electrons. The van der Waals surface area contributed by atoms with Gasteiger partial charge in [0.25, 0.3) is 11.5 Å². The van der Waals surface area contributed by atoms with Crippen molar-refractivity contribution in [2.75, 3.05) is 17.6 Å². The molecule has 0 bridgehead atoms. The third-order valence-electron chi connectivity index (χ3n) is 4.59. The number of carbonyl (C=O) groups is 2. The molecule has 31 heavy (non-hydrogen) atoms. The zero-order valence-electron chi connectivity index (χ0n) is 17.4. The lowest BCUT2D eigenvalue weighted by atomic mass is 10.1. The molecule has 3 aromatic rings. The number of hydrogen-bond donors (Lipinski definition) is 2. The molecule has 0 radical (unpaired) electrons. The Morgan fingerprint density at radius 2 is 1.77 bits per heavy atom. The molecule has 3 rings (SSSR count). The summed E-state index contributed by atoms with van der Waals surface area (Å²) in [6.07, 6.45) is 2.00. The third kappa shape index (κ3) is 6.29. The number of rotatable bonds is 8. The van der Waals surface area contributed by atoms with E-state index in [1.807, 2.05) is 49.4 Å². The van der Waals surface area contributed by atoms with E-state index in [2.05, 4.69) is 15.6 Å². The van der Waals surface area contributed by atoms with Crippen LogP contribution in [0.15, 0.2) is 70.7 Å². The largest absolute Gasteiger partial charge is 0.355 e. The standard InChI is InChI=1S/C23H24N4O3S/c1-16-8-10-18(11-9-16)26-21(29)19-14-25-23(27(2)22(19)30)31-15-20(28)24-13-12-17-6-4-3-5-7-17/h3-11,14H,12-13,15H2,1-2H3,(H,24,28)(H,26,29). The molecule has 0 aliphatic rings. The second kappa shape index (κ2) is 10.6. The second-order valence-corrected chi connectivity index (χ2v) is 7.96. The van der Waals surface area contributed by atoms with Crippen LogP contribution in [-0.2, 0) is 18.3 Å². The van der Waals surface area contributed by atoms with Crippen LogP contribution in [0.25, 0.3) is 0 Å². The van der Waals surface area contributed by atoms with Crippen molar-refractivity contribution in [1.29, 1.82) is 0 Å². The molecule has 8 heteroatoms. The highest BCUT2D eigenvalue weighted by Crippen LogP contribution is 2.14. The Bertz CT molecular complexity index is 1110. The van der Waals surface area contributed by atoms with E-state index in [4.69, 9.17) is 0 Å². The van der Waals surface area contributed by atoms with Crippen LogP contribution in [0, 0.1) is 6.92 Å². The van der Waals surface area contributed by atoms with Crippen LogP contribution in [0.3, 0.4) is 0 Å². The van der Waals surface area contributed by atoms with Gasteiger partial charge in [0.05, 0.1) is 5.75 Å². The van der Waals surface area contributed by atoms with Crippen LogP contribution in [0.4, 0.5) is 5.69 Å². The summed E-state index contributed by atoms with van der Waals surface area (Å²) in [7, 11) is 1.54. The number of thioether (sulfide) groups is 1. The van der Waals surface area contributed by atoms with E-state index >= 15 is 0 Å². The number of hydrogen-bond acceptors (Lipinski definition) is 5. The lowest BCUT2D eigenvalue weighted by Crippen LogP contribution is -2.30. The SMILES string of the molecule is Cc1ccc(NC(=O)c2cnc(SCC(=O)NCCc3ccccc3)n(C)c2=O)cc1. The molecule has 0 atom stereocenters. The number of aromatic nitrogens is 2. The van der Waals surface area contributed by atoms with E-state index in [-0.39, 0.29) is 17.2 Å². The van der Waals surface area contributed by atoms with E-state index in [1.165, 1.54) is 17.8 Å². The molecule has 0 spiro atoms. The molecule has 0 aliphatic heterocycles. The molecule has 0 saturated heterocycles. The molecule has 7 nitrogen and oxygen atoms in total. The van der Waals surface area contributed by atoms with Gasteiger partial charge in [0.15, 0.2) is 5.16 Å². The fourth-order valence-corrected chi connectivity index (χ4v) is 3.59. The summed E-state index contributed by atoms with van der Waals surface area (Å²) in [4.78, 5) is 41.3. The summed E-state index contributed by atoms with van der Waals surface area (Å²) in [6.45, 7) is 2.49. The van der Waals surface area contributed by atoms with Crippen molar-refractivity contribution in [2.24, 2.45) is 7.05 Å². The molecule has 0 aliphatic carbocycles. The van der Waals surface area contributed by atoms with E-state index in [1.54, 1.807) is 12.1 Å². The third-order valence-corrected chi connectivity index (χ3v) is 5.64. The Kier molecular flexibility index (Phi) is 7.61. The molecule has 2 aromatic carbocycles. The van der Waals surface area contributed by atoms with Gasteiger partial charge in [-0.05, 0) is 31.0 Å². The minimum atomic E-state index is -0.521. The zero-order chi connectivity index (χ0) is 22.2. The Balaban J connectivity index is 1.54. The highest BCUT2D eigenvalue weighted by molar-refractivity contribution is 7.99. The van der Waals surface area contributed by atoms with Crippen LogP contribution in [0.1, 0.15) is 21.5 Å². The fourth-order valence-electron chi connectivity index (χ4n) is 2.83. The molecule has 1 aromatic heterocycles. The van der Waals surface area contributed by atoms with Gasteiger partial charge in [-0.1, -0.05) is 59.8 Å². The predicted molar refractivity (Wildman–Crippen MR) is 122 cm³/mol. The normalized spacial score (nSPS) is 10.5. The van der Waals surface area contributed by atoms with Gasteiger partial charge in [-0.3, -0.25) is 19.0 Å². The fraction of sp³-hybridized carbons (Fsp3) is 0.217. The first-order valence-electron chi connectivity index (χ1n) is 9.81. The molecule has 0 fully saturated rings. The number of nitrogens with one attached hydrogen (secondary N) is 2. The van der Waals surface area contributed by atoms with Gasteiger partial charge < -0.3 is 10.6 Å². The molecule has 2 amide bonds. The van der Waals surface area contributed by atoms with Crippen LogP contribution in [0.2, 0.25) is 0 Å². The van der Waals surface area contributed by atoms with Crippen molar-refractivity contribution in [1.82, 2.24) is 14.9 Å². The topological polar surface area (TPSA) is 93.1 Å². The molecule has 0 saturated carbocycles. The number of aryl methyl sites for hydroxylation is 1. The minimum absolute atomic E-state index is 0.0558. The van der Waals surface area contributed by atoms with Gasteiger partial charge in [0.1, 0.15) is 5.56 Å². The first kappa shape index (κ1) is 22.3. The van der Waals surface area contributed by atoms with Crippen molar-refractivity contribution >= 4 is 29.3 Å². The van der Waals surface area contributed by atoms with Crippen LogP contribution < -0.4 is 16.2 Å². The minimum Gasteiger partial charge on any atom is -0.355 e. The highest BCUT2D eigenvalue weighted by Gasteiger charge is 2.16. The predicted octanol–water partition coefficient (Wildman–Crippen LogP) is 2.79. The Morgan fingerprint density at radius 1 is 1.06 bits per heavy atom. The molecule has 0 unspecified atom stereocenters. The van der Waals surface area contributed by atoms with E-state index in [0.717, 1.165) is 29.3 Å². The van der Waals surface area contributed by atoms with Gasteiger partial charge in [0, 0.05) is 25.5 Å². The first-order valence-corrected chi connectivity index (χ1v) is 10.8. The van der Waals surface area contributed by atoms with Crippen molar-refractivity contribution < 1.29 is 9.59 Å². The molecule has 2 N–H and O–H groups in total. The Hall–Kier alpha value is -3.39. The van der Waals surface area contributed by atoms with E-state index < -0.39 is 11.5 Å². The van der Waals surface area contributed by atoms with Gasteiger partial charge in [-0.25, -0.2) is 4.98 Å². The summed E-state index contributed by atoms with van der Waals surface area (Å²) < 4.78 is 1.28. The van der Waals surface area contributed by atoms with Gasteiger partial charge in [0.2, 0.25) is 5.91 Å². The van der Waals surface area contributed by atoms with Crippen molar-refractivity contribution in [3.8, 4) is 0 Å².